The van der Waals surface area contributed by atoms with Gasteiger partial charge in [-0.25, -0.2) is 0 Å². The molecule has 1 aromatic carbocycles. The van der Waals surface area contributed by atoms with Gasteiger partial charge in [-0.15, -0.1) is 0 Å². The van der Waals surface area contributed by atoms with E-state index in [4.69, 9.17) is 23.2 Å². The summed E-state index contributed by atoms with van der Waals surface area (Å²) in [5.41, 5.74) is 1.91. The largest absolute Gasteiger partial charge is 0.0827 e. The lowest BCUT2D eigenvalue weighted by Crippen LogP contribution is -2.04. The third kappa shape index (κ3) is 1.14. The molecular weight excluding hydrogens is 215 g/mol. The van der Waals surface area contributed by atoms with Crippen LogP contribution in [0.4, 0.5) is 0 Å². The zero-order valence-electron chi connectivity index (χ0n) is 7.89. The van der Waals surface area contributed by atoms with Crippen molar-refractivity contribution in [3.8, 4) is 0 Å². The van der Waals surface area contributed by atoms with Crippen molar-refractivity contribution < 1.29 is 0 Å². The van der Waals surface area contributed by atoms with Gasteiger partial charge in [0.1, 0.15) is 0 Å². The first-order valence-corrected chi connectivity index (χ1v) is 5.93. The highest BCUT2D eigenvalue weighted by molar-refractivity contribution is 6.42. The lowest BCUT2D eigenvalue weighted by Gasteiger charge is -2.12. The van der Waals surface area contributed by atoms with Gasteiger partial charge in [-0.2, -0.15) is 0 Å². The molecule has 0 amide bonds. The van der Waals surface area contributed by atoms with E-state index in [1.54, 1.807) is 0 Å². The van der Waals surface area contributed by atoms with Crippen LogP contribution in [0.1, 0.15) is 31.2 Å². The van der Waals surface area contributed by atoms with Crippen LogP contribution in [0.25, 0.3) is 0 Å². The molecule has 14 heavy (non-hydrogen) atoms. The van der Waals surface area contributed by atoms with Crippen LogP contribution in [-0.2, 0) is 5.41 Å². The molecule has 0 bridgehead atoms. The van der Waals surface area contributed by atoms with Gasteiger partial charge >= 0.3 is 0 Å². The summed E-state index contributed by atoms with van der Waals surface area (Å²) in [6.45, 7) is 0. The van der Waals surface area contributed by atoms with E-state index in [-0.39, 0.29) is 0 Å². The summed E-state index contributed by atoms with van der Waals surface area (Å²) >= 11 is 12.0. The topological polar surface area (TPSA) is 0 Å². The fraction of sp³-hybridized carbons (Fsp3) is 0.500. The monoisotopic (exact) mass is 226 g/mol. The minimum Gasteiger partial charge on any atom is -0.0827 e. The number of fused-ring (bicyclic) bond motifs is 1. The molecule has 0 aliphatic heterocycles. The second kappa shape index (κ2) is 2.90. The summed E-state index contributed by atoms with van der Waals surface area (Å²) in [5.74, 6) is 0.930. The van der Waals surface area contributed by atoms with Gasteiger partial charge < -0.3 is 0 Å². The fourth-order valence-electron chi connectivity index (χ4n) is 3.03. The van der Waals surface area contributed by atoms with Crippen molar-refractivity contribution >= 4 is 23.2 Å². The van der Waals surface area contributed by atoms with E-state index in [2.05, 4.69) is 12.1 Å². The Morgan fingerprint density at radius 3 is 2.64 bits per heavy atom. The van der Waals surface area contributed by atoms with Crippen LogP contribution in [-0.4, -0.2) is 0 Å². The molecular formula is C12H12Cl2. The Hall–Kier alpha value is -0.200. The number of hydrogen-bond donors (Lipinski definition) is 0. The molecule has 0 heterocycles. The number of hydrogen-bond acceptors (Lipinski definition) is 0. The number of benzene rings is 1. The molecule has 1 aromatic rings. The zero-order valence-corrected chi connectivity index (χ0v) is 9.41. The average molecular weight is 227 g/mol. The maximum absolute atomic E-state index is 6.04. The fourth-order valence-corrected chi connectivity index (χ4v) is 3.33. The molecule has 0 spiro atoms. The van der Waals surface area contributed by atoms with Crippen molar-refractivity contribution in [2.45, 2.75) is 31.1 Å². The lowest BCUT2D eigenvalue weighted by molar-refractivity contribution is 0.657. The Labute approximate surface area is 94.2 Å². The van der Waals surface area contributed by atoms with Crippen molar-refractivity contribution in [1.82, 2.24) is 0 Å². The normalized spacial score (nSPS) is 34.3. The molecule has 0 N–H and O–H groups in total. The third-order valence-corrected chi connectivity index (χ3v) is 4.64. The summed E-state index contributed by atoms with van der Waals surface area (Å²) in [7, 11) is 0. The second-order valence-corrected chi connectivity index (χ2v) is 5.39. The Bertz CT molecular complexity index is 386. The molecule has 2 atom stereocenters. The highest BCUT2D eigenvalue weighted by Gasteiger charge is 2.57. The van der Waals surface area contributed by atoms with E-state index in [0.29, 0.717) is 15.5 Å². The Kier molecular flexibility index (Phi) is 1.87. The number of halogens is 2. The Morgan fingerprint density at radius 2 is 2.07 bits per heavy atom. The standard InChI is InChI=1S/C12H12Cl2/c13-10-4-3-8(6-11(10)14)12-5-1-2-9(12)7-12/h3-4,6,9H,1-2,5,7H2/t9?,12-/m1/s1. The van der Waals surface area contributed by atoms with Crippen LogP contribution in [0.2, 0.25) is 10.0 Å². The van der Waals surface area contributed by atoms with Crippen molar-refractivity contribution in [2.75, 3.05) is 0 Å². The second-order valence-electron chi connectivity index (χ2n) is 4.58. The van der Waals surface area contributed by atoms with E-state index >= 15 is 0 Å². The van der Waals surface area contributed by atoms with E-state index in [9.17, 15) is 0 Å². The van der Waals surface area contributed by atoms with Gasteiger partial charge in [0, 0.05) is 0 Å². The molecule has 0 radical (unpaired) electrons. The summed E-state index contributed by atoms with van der Waals surface area (Å²) in [5, 5.41) is 1.37. The maximum atomic E-state index is 6.04. The SMILES string of the molecule is Clc1ccc([C@]23CCCC2C3)cc1Cl. The van der Waals surface area contributed by atoms with Crippen molar-refractivity contribution in [1.29, 1.82) is 0 Å². The average Bonchev–Trinajstić information content (AvgIpc) is 2.75. The predicted octanol–water partition coefficient (Wildman–Crippen LogP) is 4.44. The van der Waals surface area contributed by atoms with Crippen LogP contribution in [0.5, 0.6) is 0 Å². The smallest absolute Gasteiger partial charge is 0.0595 e. The Morgan fingerprint density at radius 1 is 1.21 bits per heavy atom. The molecule has 0 nitrogen and oxygen atoms in total. The van der Waals surface area contributed by atoms with Gasteiger partial charge in [0.2, 0.25) is 0 Å². The number of rotatable bonds is 1. The Balaban J connectivity index is 2.01. The molecule has 0 saturated heterocycles. The van der Waals surface area contributed by atoms with Crippen LogP contribution in [0.15, 0.2) is 18.2 Å². The zero-order chi connectivity index (χ0) is 9.76. The van der Waals surface area contributed by atoms with Gasteiger partial charge in [0.25, 0.3) is 0 Å². The molecule has 74 valence electrons. The van der Waals surface area contributed by atoms with Crippen LogP contribution in [0, 0.1) is 5.92 Å². The maximum Gasteiger partial charge on any atom is 0.0595 e. The van der Waals surface area contributed by atoms with Gasteiger partial charge in [0.05, 0.1) is 10.0 Å². The highest BCUT2D eigenvalue weighted by Crippen LogP contribution is 2.64. The molecule has 2 saturated carbocycles. The molecule has 2 aliphatic carbocycles. The molecule has 1 unspecified atom stereocenters. The van der Waals surface area contributed by atoms with Crippen LogP contribution >= 0.6 is 23.2 Å². The van der Waals surface area contributed by atoms with Gasteiger partial charge in [-0.05, 0) is 48.3 Å². The third-order valence-electron chi connectivity index (χ3n) is 3.90. The summed E-state index contributed by atoms with van der Waals surface area (Å²) in [6, 6.07) is 6.15. The van der Waals surface area contributed by atoms with Gasteiger partial charge in [0.15, 0.2) is 0 Å². The minimum absolute atomic E-state index is 0.494. The summed E-state index contributed by atoms with van der Waals surface area (Å²) < 4.78 is 0. The molecule has 3 rings (SSSR count). The predicted molar refractivity (Wildman–Crippen MR) is 60.1 cm³/mol. The van der Waals surface area contributed by atoms with Crippen molar-refractivity contribution in [2.24, 2.45) is 5.92 Å². The summed E-state index contributed by atoms with van der Waals surface area (Å²) in [6.07, 6.45) is 5.49. The van der Waals surface area contributed by atoms with Crippen molar-refractivity contribution in [3.63, 3.8) is 0 Å². The molecule has 2 fully saturated rings. The van der Waals surface area contributed by atoms with Crippen LogP contribution < -0.4 is 0 Å². The molecule has 2 aliphatic rings. The minimum atomic E-state index is 0.494. The van der Waals surface area contributed by atoms with Crippen molar-refractivity contribution in [3.05, 3.63) is 33.8 Å². The lowest BCUT2D eigenvalue weighted by atomic mass is 9.93. The van der Waals surface area contributed by atoms with E-state index in [1.807, 2.05) is 6.07 Å². The first kappa shape index (κ1) is 9.06. The molecule has 0 aromatic heterocycles. The molecule has 2 heteroatoms. The quantitative estimate of drug-likeness (QED) is 0.665. The van der Waals surface area contributed by atoms with Gasteiger partial charge in [-0.1, -0.05) is 35.7 Å². The summed E-state index contributed by atoms with van der Waals surface area (Å²) in [4.78, 5) is 0. The van der Waals surface area contributed by atoms with E-state index in [0.717, 1.165) is 5.92 Å². The van der Waals surface area contributed by atoms with Crippen LogP contribution in [0.3, 0.4) is 0 Å². The first-order valence-electron chi connectivity index (χ1n) is 5.18. The van der Waals surface area contributed by atoms with E-state index in [1.165, 1.54) is 31.2 Å². The van der Waals surface area contributed by atoms with Gasteiger partial charge in [-0.3, -0.25) is 0 Å². The highest BCUT2D eigenvalue weighted by atomic mass is 35.5. The van der Waals surface area contributed by atoms with E-state index < -0.39 is 0 Å². The first-order chi connectivity index (χ1) is 6.72.